The van der Waals surface area contributed by atoms with Gasteiger partial charge in [0, 0.05) is 6.04 Å². The maximum atomic E-state index is 14.4. The molecule has 35 heavy (non-hydrogen) atoms. The first-order valence-corrected chi connectivity index (χ1v) is 12.3. The van der Waals surface area contributed by atoms with Crippen LogP contribution in [0.4, 0.5) is 9.18 Å². The van der Waals surface area contributed by atoms with Gasteiger partial charge in [-0.1, -0.05) is 61.2 Å². The molecule has 2 fully saturated rings. The molecule has 0 radical (unpaired) electrons. The van der Waals surface area contributed by atoms with Crippen LogP contribution in [0.1, 0.15) is 37.8 Å². The highest BCUT2D eigenvalue weighted by molar-refractivity contribution is 7.99. The molecular formula is C24H23FN6O3S. The summed E-state index contributed by atoms with van der Waals surface area (Å²) in [6.45, 7) is 1.80. The smallest absolute Gasteiger partial charge is 0.318 e. The molecule has 1 saturated carbocycles. The standard InChI is InChI=1S/C24H23FN6O3S/c1-2-24(15-8-4-3-5-9-15)21(33)31(22(34)26-24)29-19(32)14-35-23-28-27-20(30(23)16-12-13-16)17-10-6-7-11-18(17)25/h3-11,16H,2,12-14H2,1H3,(H,26,34)(H,29,32)/t24-/m0/s1. The third-order valence-electron chi connectivity index (χ3n) is 6.15. The number of nitrogens with one attached hydrogen (secondary N) is 2. The van der Waals surface area contributed by atoms with E-state index in [1.807, 2.05) is 10.6 Å². The molecule has 9 nitrogen and oxygen atoms in total. The summed E-state index contributed by atoms with van der Waals surface area (Å²) in [5.74, 6) is -1.18. The monoisotopic (exact) mass is 494 g/mol. The highest BCUT2D eigenvalue weighted by atomic mass is 32.2. The fraction of sp³-hybridized carbons (Fsp3) is 0.292. The molecular weight excluding hydrogens is 471 g/mol. The summed E-state index contributed by atoms with van der Waals surface area (Å²) in [6, 6.07) is 14.7. The first-order valence-electron chi connectivity index (χ1n) is 11.3. The number of hydrazine groups is 1. The average Bonchev–Trinajstić information content (AvgIpc) is 3.58. The number of thioether (sulfide) groups is 1. The lowest BCUT2D eigenvalue weighted by Gasteiger charge is -2.25. The summed E-state index contributed by atoms with van der Waals surface area (Å²) < 4.78 is 16.2. The Morgan fingerprint density at radius 2 is 1.86 bits per heavy atom. The maximum Gasteiger partial charge on any atom is 0.344 e. The highest BCUT2D eigenvalue weighted by Crippen LogP contribution is 2.41. The van der Waals surface area contributed by atoms with Gasteiger partial charge in [-0.3, -0.25) is 19.6 Å². The third kappa shape index (κ3) is 4.16. The van der Waals surface area contributed by atoms with Gasteiger partial charge in [0.05, 0.1) is 11.3 Å². The Balaban J connectivity index is 1.29. The molecule has 0 bridgehead atoms. The normalized spacial score (nSPS) is 19.7. The number of aromatic nitrogens is 3. The topological polar surface area (TPSA) is 109 Å². The van der Waals surface area contributed by atoms with Gasteiger partial charge in [0.2, 0.25) is 5.91 Å². The summed E-state index contributed by atoms with van der Waals surface area (Å²) >= 11 is 1.12. The van der Waals surface area contributed by atoms with Crippen LogP contribution in [-0.4, -0.2) is 43.4 Å². The number of urea groups is 1. The van der Waals surface area contributed by atoms with E-state index >= 15 is 0 Å². The van der Waals surface area contributed by atoms with E-state index in [1.54, 1.807) is 49.4 Å². The van der Waals surface area contributed by atoms with Crippen LogP contribution < -0.4 is 10.7 Å². The van der Waals surface area contributed by atoms with Crippen LogP contribution >= 0.6 is 11.8 Å². The van der Waals surface area contributed by atoms with Crippen molar-refractivity contribution in [2.45, 2.75) is 42.9 Å². The van der Waals surface area contributed by atoms with Gasteiger partial charge in [0.15, 0.2) is 11.0 Å². The molecule has 2 N–H and O–H groups in total. The quantitative estimate of drug-likeness (QED) is 0.367. The number of hydrogen-bond donors (Lipinski definition) is 2. The Kier molecular flexibility index (Phi) is 6.01. The summed E-state index contributed by atoms with van der Waals surface area (Å²) in [5, 5.41) is 12.3. The van der Waals surface area contributed by atoms with Crippen molar-refractivity contribution in [2.75, 3.05) is 5.75 Å². The van der Waals surface area contributed by atoms with E-state index in [1.165, 1.54) is 6.07 Å². The predicted molar refractivity (Wildman–Crippen MR) is 126 cm³/mol. The Hall–Kier alpha value is -3.73. The number of rotatable bonds is 8. The van der Waals surface area contributed by atoms with Crippen molar-refractivity contribution in [3.05, 3.63) is 66.0 Å². The van der Waals surface area contributed by atoms with Gasteiger partial charge in [-0.05, 0) is 37.0 Å². The molecule has 1 aromatic heterocycles. The zero-order chi connectivity index (χ0) is 24.6. The lowest BCUT2D eigenvalue weighted by molar-refractivity contribution is -0.138. The van der Waals surface area contributed by atoms with Gasteiger partial charge >= 0.3 is 6.03 Å². The van der Waals surface area contributed by atoms with Crippen molar-refractivity contribution < 1.29 is 18.8 Å². The maximum absolute atomic E-state index is 14.4. The second kappa shape index (κ2) is 9.14. The van der Waals surface area contributed by atoms with Crippen LogP contribution in [0.25, 0.3) is 11.4 Å². The first-order chi connectivity index (χ1) is 16.9. The van der Waals surface area contributed by atoms with Crippen molar-refractivity contribution in [1.29, 1.82) is 0 Å². The zero-order valence-corrected chi connectivity index (χ0v) is 19.7. The number of benzene rings is 2. The van der Waals surface area contributed by atoms with Crippen LogP contribution in [-0.2, 0) is 15.1 Å². The Labute approximate surface area is 205 Å². The van der Waals surface area contributed by atoms with Crippen molar-refractivity contribution in [1.82, 2.24) is 30.5 Å². The second-order valence-electron chi connectivity index (χ2n) is 8.41. The fourth-order valence-corrected chi connectivity index (χ4v) is 4.99. The van der Waals surface area contributed by atoms with Gasteiger partial charge in [-0.15, -0.1) is 10.2 Å². The van der Waals surface area contributed by atoms with Crippen molar-refractivity contribution in [2.24, 2.45) is 0 Å². The largest absolute Gasteiger partial charge is 0.344 e. The SMILES string of the molecule is CC[C@@]1(c2ccccc2)NC(=O)N(NC(=O)CSc2nnc(-c3ccccc3F)n2C2CC2)C1=O. The molecule has 0 unspecified atom stereocenters. The Morgan fingerprint density at radius 3 is 2.54 bits per heavy atom. The summed E-state index contributed by atoms with van der Waals surface area (Å²) in [5.41, 5.74) is 2.17. The minimum Gasteiger partial charge on any atom is -0.318 e. The number of amides is 4. The molecule has 2 aromatic carbocycles. The van der Waals surface area contributed by atoms with E-state index in [0.717, 1.165) is 29.6 Å². The summed E-state index contributed by atoms with van der Waals surface area (Å²) in [6.07, 6.45) is 2.16. The molecule has 4 amide bonds. The lowest BCUT2D eigenvalue weighted by atomic mass is 9.87. The van der Waals surface area contributed by atoms with E-state index in [9.17, 15) is 18.8 Å². The van der Waals surface area contributed by atoms with Gasteiger partial charge in [0.1, 0.15) is 11.4 Å². The summed E-state index contributed by atoms with van der Waals surface area (Å²) in [4.78, 5) is 38.5. The minimum absolute atomic E-state index is 0.107. The molecule has 2 aliphatic rings. The lowest BCUT2D eigenvalue weighted by Crippen LogP contribution is -2.49. The van der Waals surface area contributed by atoms with Gasteiger partial charge < -0.3 is 5.32 Å². The number of nitrogens with zero attached hydrogens (tertiary/aromatic N) is 4. The highest BCUT2D eigenvalue weighted by Gasteiger charge is 2.52. The second-order valence-corrected chi connectivity index (χ2v) is 9.35. The zero-order valence-electron chi connectivity index (χ0n) is 18.9. The molecule has 11 heteroatoms. The van der Waals surface area contributed by atoms with E-state index in [-0.39, 0.29) is 11.8 Å². The van der Waals surface area contributed by atoms with E-state index < -0.39 is 29.2 Å². The molecule has 3 aromatic rings. The van der Waals surface area contributed by atoms with Gasteiger partial charge in [-0.2, -0.15) is 5.01 Å². The van der Waals surface area contributed by atoms with E-state index in [2.05, 4.69) is 20.9 Å². The van der Waals surface area contributed by atoms with Crippen LogP contribution in [0.3, 0.4) is 0 Å². The van der Waals surface area contributed by atoms with Crippen LogP contribution in [0.2, 0.25) is 0 Å². The van der Waals surface area contributed by atoms with Crippen LogP contribution in [0.15, 0.2) is 59.8 Å². The molecule has 180 valence electrons. The molecule has 0 spiro atoms. The van der Waals surface area contributed by atoms with E-state index in [4.69, 9.17) is 0 Å². The number of carbonyl (C=O) groups excluding carboxylic acids is 3. The van der Waals surface area contributed by atoms with Gasteiger partial charge in [-0.25, -0.2) is 9.18 Å². The molecule has 1 aliphatic heterocycles. The van der Waals surface area contributed by atoms with E-state index in [0.29, 0.717) is 28.5 Å². The van der Waals surface area contributed by atoms with Gasteiger partial charge in [0.25, 0.3) is 5.91 Å². The molecule has 1 aliphatic carbocycles. The fourth-order valence-electron chi connectivity index (χ4n) is 4.19. The Bertz CT molecular complexity index is 1300. The minimum atomic E-state index is -1.24. The molecule has 1 atom stereocenters. The third-order valence-corrected chi connectivity index (χ3v) is 7.09. The number of carbonyl (C=O) groups is 3. The molecule has 1 saturated heterocycles. The average molecular weight is 495 g/mol. The summed E-state index contributed by atoms with van der Waals surface area (Å²) in [7, 11) is 0. The molecule has 5 rings (SSSR count). The van der Waals surface area contributed by atoms with Crippen LogP contribution in [0, 0.1) is 5.82 Å². The number of halogens is 1. The first kappa shape index (κ1) is 23.0. The predicted octanol–water partition coefficient (Wildman–Crippen LogP) is 3.40. The van der Waals surface area contributed by atoms with Crippen molar-refractivity contribution in [3.63, 3.8) is 0 Å². The molecule has 2 heterocycles. The Morgan fingerprint density at radius 1 is 1.14 bits per heavy atom. The van der Waals surface area contributed by atoms with Crippen molar-refractivity contribution >= 4 is 29.6 Å². The van der Waals surface area contributed by atoms with Crippen LogP contribution in [0.5, 0.6) is 0 Å². The van der Waals surface area contributed by atoms with Crippen molar-refractivity contribution in [3.8, 4) is 11.4 Å². The number of hydrogen-bond acceptors (Lipinski definition) is 6. The number of imide groups is 1.